The maximum atomic E-state index is 2.65. The number of allylic oxidation sites excluding steroid dienone is 6. The van der Waals surface area contributed by atoms with Gasteiger partial charge in [-0.05, 0) is 0 Å². The van der Waals surface area contributed by atoms with Crippen molar-refractivity contribution in [1.82, 2.24) is 0 Å². The second kappa shape index (κ2) is 11.3. The monoisotopic (exact) mass is 696 g/mol. The van der Waals surface area contributed by atoms with E-state index in [9.17, 15) is 0 Å². The molecule has 3 heteroatoms. The number of halogens is 2. The number of hydrogen-bond donors (Lipinski definition) is 0. The Bertz CT molecular complexity index is 1740. The Kier molecular flexibility index (Phi) is 8.58. The molecule has 226 valence electrons. The molecule has 0 aliphatic heterocycles. The fourth-order valence-corrected chi connectivity index (χ4v) is 16.8. The number of fused-ring (bicyclic) bond motifs is 5. The van der Waals surface area contributed by atoms with Gasteiger partial charge in [0.15, 0.2) is 0 Å². The van der Waals surface area contributed by atoms with Gasteiger partial charge < -0.3 is 24.8 Å². The van der Waals surface area contributed by atoms with Gasteiger partial charge in [0, 0.05) is 0 Å². The van der Waals surface area contributed by atoms with Crippen LogP contribution in [-0.2, 0) is 32.1 Å². The molecule has 0 aromatic heterocycles. The summed E-state index contributed by atoms with van der Waals surface area (Å²) in [6.07, 6.45) is 14.8. The Morgan fingerprint density at radius 1 is 0.750 bits per heavy atom. The van der Waals surface area contributed by atoms with Crippen LogP contribution in [-0.4, -0.2) is 3.21 Å². The molecule has 4 aliphatic carbocycles. The van der Waals surface area contributed by atoms with Gasteiger partial charge in [-0.3, -0.25) is 0 Å². The van der Waals surface area contributed by atoms with Crippen LogP contribution in [0.2, 0.25) is 0 Å². The normalized spacial score (nSPS) is 20.1. The molecule has 0 amide bonds. The van der Waals surface area contributed by atoms with Crippen LogP contribution >= 0.6 is 0 Å². The molecule has 0 heterocycles. The van der Waals surface area contributed by atoms with E-state index < -0.39 is 21.3 Å². The van der Waals surface area contributed by atoms with Crippen LogP contribution in [0.4, 0.5) is 0 Å². The molecule has 0 spiro atoms. The molecular weight excluding hydrogens is 655 g/mol. The second-order valence-electron chi connectivity index (χ2n) is 15.3. The molecule has 0 N–H and O–H groups in total. The van der Waals surface area contributed by atoms with Crippen LogP contribution in [0.5, 0.6) is 0 Å². The minimum Gasteiger partial charge on any atom is -1.00 e. The van der Waals surface area contributed by atoms with Crippen molar-refractivity contribution in [3.63, 3.8) is 0 Å². The van der Waals surface area contributed by atoms with E-state index in [1.54, 1.807) is 17.6 Å². The maximum Gasteiger partial charge on any atom is -1.00 e. The van der Waals surface area contributed by atoms with Crippen LogP contribution in [0.3, 0.4) is 0 Å². The van der Waals surface area contributed by atoms with Gasteiger partial charge in [0.1, 0.15) is 0 Å². The molecule has 0 radical (unpaired) electrons. The average molecular weight is 699 g/mol. The van der Waals surface area contributed by atoms with Crippen molar-refractivity contribution < 1.29 is 46.1 Å². The first-order chi connectivity index (χ1) is 19.8. The smallest absolute Gasteiger partial charge is 1.00 e. The van der Waals surface area contributed by atoms with Crippen molar-refractivity contribution in [1.29, 1.82) is 0 Å². The standard InChI is InChI=1S/C23H21.C10H15.C8H8.2ClH.Zr/c1-22(2)7-5-14-10-18-16(12-20(14)22)9-17-13-21-15(11-19(17)18)6-8-23(21,3)4;1-8-5-6-9(7-8)10(2,3)4;1-2-8-6-4-3-5-7-8;;;/h5-13H,1-4H3;6-8H,1-4H3;3-7H,1H3;2*1H;/q;;;;;+2/p-2. The second-order valence-corrected chi connectivity index (χ2v) is 22.0. The Morgan fingerprint density at radius 3 is 1.70 bits per heavy atom. The fraction of sp³-hybridized carbons (Fsp3) is 0.341. The Hall–Kier alpha value is -2.05. The quantitative estimate of drug-likeness (QED) is 0.371. The van der Waals surface area contributed by atoms with Gasteiger partial charge in [-0.1, -0.05) is 0 Å². The molecule has 0 saturated carbocycles. The minimum atomic E-state index is -2.60. The van der Waals surface area contributed by atoms with Crippen molar-refractivity contribution in [2.75, 3.05) is 0 Å². The molecule has 3 aromatic rings. The summed E-state index contributed by atoms with van der Waals surface area (Å²) in [5.41, 5.74) is 15.2. The zero-order valence-electron chi connectivity index (χ0n) is 27.6. The summed E-state index contributed by atoms with van der Waals surface area (Å²) < 4.78 is 3.88. The summed E-state index contributed by atoms with van der Waals surface area (Å²) in [4.78, 5) is 0. The van der Waals surface area contributed by atoms with E-state index in [0.29, 0.717) is 9.54 Å². The predicted molar refractivity (Wildman–Crippen MR) is 179 cm³/mol. The van der Waals surface area contributed by atoms with Gasteiger partial charge in [0.05, 0.1) is 0 Å². The zero-order valence-corrected chi connectivity index (χ0v) is 31.5. The summed E-state index contributed by atoms with van der Waals surface area (Å²) in [6.45, 7) is 21.6. The van der Waals surface area contributed by atoms with E-state index in [1.165, 1.54) is 44.5 Å². The van der Waals surface area contributed by atoms with Gasteiger partial charge in [-0.25, -0.2) is 0 Å². The third-order valence-corrected chi connectivity index (χ3v) is 19.1. The summed E-state index contributed by atoms with van der Waals surface area (Å²) >= 11 is -2.60. The van der Waals surface area contributed by atoms with Crippen LogP contribution in [0, 0.1) is 11.3 Å². The van der Waals surface area contributed by atoms with Gasteiger partial charge >= 0.3 is 263 Å². The first kappa shape index (κ1) is 33.3. The van der Waals surface area contributed by atoms with Crippen molar-refractivity contribution in [2.24, 2.45) is 11.3 Å². The first-order valence-electron chi connectivity index (χ1n) is 15.7. The molecule has 1 atom stereocenters. The molecule has 0 fully saturated rings. The van der Waals surface area contributed by atoms with Crippen LogP contribution in [0.15, 0.2) is 87.8 Å². The zero-order chi connectivity index (χ0) is 29.8. The molecule has 3 aromatic carbocycles. The van der Waals surface area contributed by atoms with Crippen molar-refractivity contribution in [3.05, 3.63) is 127 Å². The van der Waals surface area contributed by atoms with Crippen LogP contribution in [0.1, 0.15) is 105 Å². The largest absolute Gasteiger partial charge is 1.00 e. The third kappa shape index (κ3) is 5.20. The Morgan fingerprint density at radius 2 is 1.25 bits per heavy atom. The summed E-state index contributed by atoms with van der Waals surface area (Å²) in [6, 6.07) is 21.7. The molecule has 4 aliphatic rings. The van der Waals surface area contributed by atoms with Crippen molar-refractivity contribution in [3.8, 4) is 11.1 Å². The molecular formula is C41H44Cl2Zr. The van der Waals surface area contributed by atoms with E-state index in [2.05, 4.69) is 153 Å². The SMILES string of the molecule is C/[C](c1ccccc1)=[Zr+2](/[C]1=CC(C(C)(C)C)=CC1C)[CH]1c2cc3c(cc2-c2cc4c(cc21)C(C)(C)C=C4)C=CC3(C)C.[Cl-].[Cl-]. The van der Waals surface area contributed by atoms with E-state index in [0.717, 1.165) is 0 Å². The summed E-state index contributed by atoms with van der Waals surface area (Å²) in [5, 5.41) is 0. The topological polar surface area (TPSA) is 0 Å². The number of hydrogen-bond acceptors (Lipinski definition) is 0. The molecule has 0 nitrogen and oxygen atoms in total. The molecule has 44 heavy (non-hydrogen) atoms. The summed E-state index contributed by atoms with van der Waals surface area (Å²) in [5.74, 6) is 0.486. The van der Waals surface area contributed by atoms with Crippen LogP contribution in [0.25, 0.3) is 23.3 Å². The molecule has 0 saturated heterocycles. The van der Waals surface area contributed by atoms with Gasteiger partial charge in [0.25, 0.3) is 0 Å². The third-order valence-electron chi connectivity index (χ3n) is 10.4. The van der Waals surface area contributed by atoms with E-state index in [-0.39, 0.29) is 41.1 Å². The molecule has 0 bridgehead atoms. The van der Waals surface area contributed by atoms with E-state index >= 15 is 0 Å². The first-order valence-corrected chi connectivity index (χ1v) is 19.6. The summed E-state index contributed by atoms with van der Waals surface area (Å²) in [7, 11) is 0. The number of rotatable bonds is 3. The Balaban J connectivity index is 0.00000192. The fourth-order valence-electron chi connectivity index (χ4n) is 7.80. The van der Waals surface area contributed by atoms with Crippen LogP contribution < -0.4 is 24.8 Å². The van der Waals surface area contributed by atoms with E-state index in [1.807, 2.05) is 0 Å². The van der Waals surface area contributed by atoms with Crippen molar-refractivity contribution in [2.45, 2.75) is 76.8 Å². The minimum absolute atomic E-state index is 0. The molecule has 7 rings (SSSR count). The Labute approximate surface area is 285 Å². The predicted octanol–water partition coefficient (Wildman–Crippen LogP) is 4.74. The maximum absolute atomic E-state index is 2.65. The number of benzene rings is 3. The van der Waals surface area contributed by atoms with Gasteiger partial charge in [-0.2, -0.15) is 0 Å². The van der Waals surface area contributed by atoms with Crippen molar-refractivity contribution >= 4 is 15.4 Å². The van der Waals surface area contributed by atoms with Gasteiger partial charge in [-0.15, -0.1) is 0 Å². The van der Waals surface area contributed by atoms with Gasteiger partial charge in [0.2, 0.25) is 0 Å². The average Bonchev–Trinajstić information content (AvgIpc) is 3.65. The van der Waals surface area contributed by atoms with E-state index in [4.69, 9.17) is 0 Å². The molecule has 1 unspecified atom stereocenters.